The number of aryl methyl sites for hydroxylation is 1. The molecule has 0 amide bonds. The second-order valence-corrected chi connectivity index (χ2v) is 5.20. The van der Waals surface area contributed by atoms with Gasteiger partial charge in [-0.1, -0.05) is 23.8 Å². The first-order valence-electron chi connectivity index (χ1n) is 7.14. The second kappa shape index (κ2) is 7.27. The third-order valence-corrected chi connectivity index (χ3v) is 3.43. The lowest BCUT2D eigenvalue weighted by Gasteiger charge is -2.13. The van der Waals surface area contributed by atoms with Gasteiger partial charge in [-0.05, 0) is 30.7 Å². The molecule has 0 aliphatic rings. The zero-order chi connectivity index (χ0) is 18.6. The van der Waals surface area contributed by atoms with Crippen LogP contribution < -0.4 is 9.84 Å². The number of ether oxygens (including phenoxy) is 1. The van der Waals surface area contributed by atoms with Crippen LogP contribution in [0.15, 0.2) is 42.0 Å². The molecule has 2 rings (SSSR count). The maximum absolute atomic E-state index is 12.5. The number of carbonyl (C=O) groups is 1. The quantitative estimate of drug-likeness (QED) is 0.272. The van der Waals surface area contributed by atoms with Crippen LogP contribution in [0.4, 0.5) is 5.69 Å². The Hall–Kier alpha value is -3.66. The fraction of sp³-hybridized carbons (Fsp3) is 0.111. The summed E-state index contributed by atoms with van der Waals surface area (Å²) in [6.07, 6.45) is 1.19. The highest BCUT2D eigenvalue weighted by atomic mass is 16.6. The van der Waals surface area contributed by atoms with Crippen LogP contribution in [0.5, 0.6) is 11.5 Å². The van der Waals surface area contributed by atoms with E-state index in [0.717, 1.165) is 11.6 Å². The fourth-order valence-electron chi connectivity index (χ4n) is 2.24. The second-order valence-electron chi connectivity index (χ2n) is 5.20. The van der Waals surface area contributed by atoms with Crippen molar-refractivity contribution in [2.75, 3.05) is 7.11 Å². The van der Waals surface area contributed by atoms with Crippen molar-refractivity contribution in [2.24, 2.45) is 0 Å². The molecule has 2 aromatic carbocycles. The van der Waals surface area contributed by atoms with Crippen molar-refractivity contribution in [1.82, 2.24) is 0 Å². The lowest BCUT2D eigenvalue weighted by atomic mass is 10.00. The molecule has 126 valence electrons. The molecule has 0 bridgehead atoms. The van der Waals surface area contributed by atoms with E-state index < -0.39 is 22.1 Å². The number of Topliss-reactive ketones (excluding diaryl/α,β-unsaturated/α-hetero) is 1. The summed E-state index contributed by atoms with van der Waals surface area (Å²) in [7, 11) is 1.21. The van der Waals surface area contributed by atoms with E-state index in [0.29, 0.717) is 5.56 Å². The normalized spacial score (nSPS) is 10.8. The largest absolute Gasteiger partial charge is 0.865 e. The van der Waals surface area contributed by atoms with Gasteiger partial charge < -0.3 is 9.84 Å². The molecule has 0 aromatic heterocycles. The van der Waals surface area contributed by atoms with E-state index in [-0.39, 0.29) is 16.9 Å². The molecule has 0 spiro atoms. The molecule has 0 heterocycles. The number of nitriles is 1. The number of rotatable bonds is 5. The highest BCUT2D eigenvalue weighted by Gasteiger charge is 2.16. The number of nitrogens with zero attached hydrogens (tertiary/aromatic N) is 2. The van der Waals surface area contributed by atoms with Crippen LogP contribution in [0.2, 0.25) is 0 Å². The third-order valence-electron chi connectivity index (χ3n) is 3.43. The Bertz CT molecular complexity index is 926. The molecule has 0 radical (unpaired) electrons. The van der Waals surface area contributed by atoms with E-state index in [4.69, 9.17) is 4.74 Å². The minimum absolute atomic E-state index is 0.153. The molecular formula is C18H13N2O5-. The first kappa shape index (κ1) is 17.7. The standard InChI is InChI=1S/C18H14N2O5/c1-11-4-3-5-13(6-11)17(21)14(10-19)7-12-8-15(20(23)24)18(22)16(9-12)25-2/h3-9,22H,1-2H3/p-1/b14-7+. The predicted octanol–water partition coefficient (Wildman–Crippen LogP) is 2.78. The van der Waals surface area contributed by atoms with Gasteiger partial charge in [-0.3, -0.25) is 14.9 Å². The average Bonchev–Trinajstić information content (AvgIpc) is 2.59. The lowest BCUT2D eigenvalue weighted by molar-refractivity contribution is -0.398. The van der Waals surface area contributed by atoms with E-state index in [9.17, 15) is 25.3 Å². The monoisotopic (exact) mass is 337 g/mol. The summed E-state index contributed by atoms with van der Waals surface area (Å²) in [5.41, 5.74) is 0.443. The van der Waals surface area contributed by atoms with E-state index in [2.05, 4.69) is 0 Å². The van der Waals surface area contributed by atoms with E-state index >= 15 is 0 Å². The summed E-state index contributed by atoms with van der Waals surface area (Å²) >= 11 is 0. The summed E-state index contributed by atoms with van der Waals surface area (Å²) in [5, 5.41) is 32.1. The summed E-state index contributed by atoms with van der Waals surface area (Å²) in [6.45, 7) is 1.81. The van der Waals surface area contributed by atoms with Crippen molar-refractivity contribution in [3.63, 3.8) is 0 Å². The van der Waals surface area contributed by atoms with Crippen LogP contribution in [-0.2, 0) is 0 Å². The Morgan fingerprint density at radius 2 is 2.04 bits per heavy atom. The Labute approximate surface area is 143 Å². The summed E-state index contributed by atoms with van der Waals surface area (Å²) in [5.74, 6) is -1.62. The van der Waals surface area contributed by atoms with E-state index in [1.807, 2.05) is 13.0 Å². The minimum Gasteiger partial charge on any atom is -0.865 e. The van der Waals surface area contributed by atoms with Gasteiger partial charge in [0.15, 0.2) is 0 Å². The van der Waals surface area contributed by atoms with E-state index in [1.54, 1.807) is 24.3 Å². The smallest absolute Gasteiger partial charge is 0.266 e. The Morgan fingerprint density at radius 1 is 1.32 bits per heavy atom. The van der Waals surface area contributed by atoms with Crippen molar-refractivity contribution < 1.29 is 19.6 Å². The van der Waals surface area contributed by atoms with Gasteiger partial charge in [0.2, 0.25) is 5.78 Å². The molecule has 0 unspecified atom stereocenters. The summed E-state index contributed by atoms with van der Waals surface area (Å²) in [4.78, 5) is 22.6. The maximum atomic E-state index is 12.5. The van der Waals surface area contributed by atoms with Crippen molar-refractivity contribution in [3.8, 4) is 17.6 Å². The Morgan fingerprint density at radius 3 is 2.60 bits per heavy atom. The average molecular weight is 337 g/mol. The molecule has 0 fully saturated rings. The number of benzene rings is 2. The number of hydrogen-bond acceptors (Lipinski definition) is 6. The maximum Gasteiger partial charge on any atom is 0.266 e. The molecule has 0 aliphatic heterocycles. The van der Waals surface area contributed by atoms with Crippen molar-refractivity contribution in [1.29, 1.82) is 5.26 Å². The van der Waals surface area contributed by atoms with Crippen LogP contribution in [-0.4, -0.2) is 17.8 Å². The number of hydrogen-bond donors (Lipinski definition) is 0. The molecule has 2 aromatic rings. The molecular weight excluding hydrogens is 324 g/mol. The van der Waals surface area contributed by atoms with Crippen molar-refractivity contribution in [3.05, 3.63) is 68.8 Å². The zero-order valence-corrected chi connectivity index (χ0v) is 13.5. The molecule has 7 heteroatoms. The molecule has 0 aliphatic carbocycles. The van der Waals surface area contributed by atoms with Gasteiger partial charge in [-0.15, -0.1) is 0 Å². The van der Waals surface area contributed by atoms with Gasteiger partial charge in [-0.2, -0.15) is 5.26 Å². The number of methoxy groups -OCH3 is 1. The number of ketones is 1. The highest BCUT2D eigenvalue weighted by Crippen LogP contribution is 2.35. The van der Waals surface area contributed by atoms with Crippen LogP contribution in [0.1, 0.15) is 21.5 Å². The summed E-state index contributed by atoms with van der Waals surface area (Å²) < 4.78 is 4.84. The number of nitro benzene ring substituents is 1. The zero-order valence-electron chi connectivity index (χ0n) is 13.5. The van der Waals surface area contributed by atoms with Crippen LogP contribution in [0.3, 0.4) is 0 Å². The van der Waals surface area contributed by atoms with E-state index in [1.165, 1.54) is 19.3 Å². The SMILES string of the molecule is COc1cc(/C=C(\C#N)C(=O)c2cccc(C)c2)cc([N+](=O)[O-])c1[O-]. The minimum atomic E-state index is -0.867. The van der Waals surface area contributed by atoms with Crippen LogP contribution in [0, 0.1) is 28.4 Å². The molecule has 0 saturated heterocycles. The fourth-order valence-corrected chi connectivity index (χ4v) is 2.24. The molecule has 0 N–H and O–H groups in total. The summed E-state index contributed by atoms with van der Waals surface area (Å²) in [6, 6.07) is 10.8. The van der Waals surface area contributed by atoms with Gasteiger partial charge >= 0.3 is 0 Å². The van der Waals surface area contributed by atoms with Gasteiger partial charge in [0.1, 0.15) is 17.4 Å². The molecule has 25 heavy (non-hydrogen) atoms. The van der Waals surface area contributed by atoms with Crippen molar-refractivity contribution >= 4 is 17.5 Å². The molecule has 7 nitrogen and oxygen atoms in total. The Balaban J connectivity index is 2.53. The molecule has 0 saturated carbocycles. The topological polar surface area (TPSA) is 116 Å². The number of nitro groups is 1. The van der Waals surface area contributed by atoms with Gasteiger partial charge in [0, 0.05) is 17.4 Å². The first-order chi connectivity index (χ1) is 11.9. The van der Waals surface area contributed by atoms with Gasteiger partial charge in [0.25, 0.3) is 5.69 Å². The first-order valence-corrected chi connectivity index (χ1v) is 7.14. The van der Waals surface area contributed by atoms with Crippen LogP contribution >= 0.6 is 0 Å². The highest BCUT2D eigenvalue weighted by molar-refractivity contribution is 6.14. The lowest BCUT2D eigenvalue weighted by Crippen LogP contribution is -2.03. The van der Waals surface area contributed by atoms with Gasteiger partial charge in [0.05, 0.1) is 12.0 Å². The van der Waals surface area contributed by atoms with Crippen molar-refractivity contribution in [2.45, 2.75) is 6.92 Å². The Kier molecular flexibility index (Phi) is 5.15. The molecule has 0 atom stereocenters. The van der Waals surface area contributed by atoms with Crippen LogP contribution in [0.25, 0.3) is 6.08 Å². The van der Waals surface area contributed by atoms with Gasteiger partial charge in [-0.25, -0.2) is 0 Å². The third kappa shape index (κ3) is 3.82. The predicted molar refractivity (Wildman–Crippen MR) is 88.2 cm³/mol. The number of carbonyl (C=O) groups excluding carboxylic acids is 1. The number of allylic oxidation sites excluding steroid dienone is 1.